The summed E-state index contributed by atoms with van der Waals surface area (Å²) in [7, 11) is 7.63. The summed E-state index contributed by atoms with van der Waals surface area (Å²) in [6.07, 6.45) is 25.7. The van der Waals surface area contributed by atoms with Crippen molar-refractivity contribution in [3.8, 4) is 45.0 Å². The third-order valence-corrected chi connectivity index (χ3v) is 6.57. The van der Waals surface area contributed by atoms with Gasteiger partial charge < -0.3 is 38.4 Å². The van der Waals surface area contributed by atoms with Crippen LogP contribution in [-0.4, -0.2) is 48.6 Å². The van der Waals surface area contributed by atoms with Gasteiger partial charge in [-0.2, -0.15) is 17.7 Å². The molecule has 0 saturated carbocycles. The average molecular weight is 1400 g/mol. The van der Waals surface area contributed by atoms with Crippen molar-refractivity contribution in [2.75, 3.05) is 0 Å². The Bertz CT molecular complexity index is 1780. The van der Waals surface area contributed by atoms with Crippen LogP contribution in [0.1, 0.15) is 0 Å². The van der Waals surface area contributed by atoms with Crippen LogP contribution in [0.4, 0.5) is 0 Å². The monoisotopic (exact) mass is 1400 g/mol. The minimum absolute atomic E-state index is 0. The van der Waals surface area contributed by atoms with Crippen LogP contribution in [0.5, 0.6) is 0 Å². The Morgan fingerprint density at radius 1 is 0.519 bits per heavy atom. The van der Waals surface area contributed by atoms with Crippen molar-refractivity contribution < 1.29 is 80.4 Å². The maximum absolute atomic E-state index is 4.22. The average Bonchev–Trinajstić information content (AvgIpc) is 3.97. The minimum Gasteiger partial charge on any atom is -0.442 e. The maximum atomic E-state index is 4.22. The van der Waals surface area contributed by atoms with Crippen LogP contribution < -0.4 is 0 Å². The Labute approximate surface area is 358 Å². The summed E-state index contributed by atoms with van der Waals surface area (Å²) in [4.78, 5) is 16.8. The maximum Gasteiger partial charge on any atom is 0.0160 e. The Morgan fingerprint density at radius 2 is 1.02 bits per heavy atom. The molecular weight excluding hydrogens is 1370 g/mol. The van der Waals surface area contributed by atoms with Gasteiger partial charge in [-0.15, -0.1) is 22.9 Å². The Balaban J connectivity index is 0.000000338. The normalized spacial score (nSPS) is 9.31. The molecule has 52 heavy (non-hydrogen) atoms. The molecule has 0 fully saturated rings. The second-order valence-electron chi connectivity index (χ2n) is 10.4. The SMILES string of the molecule is Cn1[c-]c(-c2ccccn2)cc1.Cn1[c-]c(-c2ccccn2)cn1.Cn1c[c-]c(-c2ccccn2)c1.Cn1cc(-c2ccccn2)[c-]n1.[Ir].[Ir].[Ir].[Ir]. The fraction of sp³-hybridized carbons (Fsp3) is 0.105. The van der Waals surface area contributed by atoms with Crippen molar-refractivity contribution >= 4 is 0 Å². The summed E-state index contributed by atoms with van der Waals surface area (Å²) >= 11 is 0. The molecule has 0 atom stereocenters. The molecule has 0 aliphatic rings. The fourth-order valence-corrected chi connectivity index (χ4v) is 4.27. The number of hydrogen-bond donors (Lipinski definition) is 0. The van der Waals surface area contributed by atoms with E-state index in [1.54, 1.807) is 40.3 Å². The van der Waals surface area contributed by atoms with Gasteiger partial charge >= 0.3 is 0 Å². The van der Waals surface area contributed by atoms with E-state index in [1.165, 1.54) is 0 Å². The van der Waals surface area contributed by atoms with E-state index in [2.05, 4.69) is 54.8 Å². The van der Waals surface area contributed by atoms with E-state index in [0.29, 0.717) is 0 Å². The molecule has 8 rings (SSSR count). The Hall–Kier alpha value is -3.82. The first kappa shape index (κ1) is 46.2. The van der Waals surface area contributed by atoms with Gasteiger partial charge in [-0.3, -0.25) is 10.2 Å². The molecule has 8 aromatic rings. The van der Waals surface area contributed by atoms with E-state index in [9.17, 15) is 0 Å². The van der Waals surface area contributed by atoms with Gasteiger partial charge in [0.15, 0.2) is 0 Å². The summed E-state index contributed by atoms with van der Waals surface area (Å²) in [5, 5.41) is 7.96. The second-order valence-corrected chi connectivity index (χ2v) is 10.4. The molecule has 0 saturated heterocycles. The van der Waals surface area contributed by atoms with Gasteiger partial charge in [0.25, 0.3) is 0 Å². The first-order valence-electron chi connectivity index (χ1n) is 15.0. The van der Waals surface area contributed by atoms with Crippen LogP contribution >= 0.6 is 0 Å². The van der Waals surface area contributed by atoms with E-state index in [4.69, 9.17) is 0 Å². The largest absolute Gasteiger partial charge is 0.442 e. The molecule has 14 heteroatoms. The molecular formula is C38H34Ir4N10-4. The van der Waals surface area contributed by atoms with Crippen LogP contribution in [-0.2, 0) is 109 Å². The van der Waals surface area contributed by atoms with Crippen LogP contribution in [0.25, 0.3) is 45.0 Å². The smallest absolute Gasteiger partial charge is 0.0160 e. The standard InChI is InChI=1S/2C10H9N2.2C9H8N3.4Ir/c2*1-12-7-5-9(8-12)10-4-2-3-6-11-10;2*1-12-7-8(6-11-12)9-4-2-3-5-10-9;;;;/h2-4,6-8H,1H3;2-7H,1H3;2-5,7H,1H3;2-6H,1H3;;;;/q4*-1;;;;. The summed E-state index contributed by atoms with van der Waals surface area (Å²) in [5.41, 5.74) is 7.69. The van der Waals surface area contributed by atoms with Gasteiger partial charge in [-0.1, -0.05) is 85.7 Å². The third kappa shape index (κ3) is 14.7. The molecule has 0 N–H and O–H groups in total. The van der Waals surface area contributed by atoms with E-state index >= 15 is 0 Å². The van der Waals surface area contributed by atoms with Crippen molar-refractivity contribution in [2.45, 2.75) is 0 Å². The van der Waals surface area contributed by atoms with Crippen molar-refractivity contribution in [1.82, 2.24) is 48.6 Å². The molecule has 0 aromatic carbocycles. The molecule has 0 spiro atoms. The van der Waals surface area contributed by atoms with Gasteiger partial charge in [0.1, 0.15) is 0 Å². The molecule has 0 unspecified atom stereocenters. The number of rotatable bonds is 4. The first-order valence-corrected chi connectivity index (χ1v) is 15.0. The Morgan fingerprint density at radius 3 is 1.38 bits per heavy atom. The summed E-state index contributed by atoms with van der Waals surface area (Å²) in [6, 6.07) is 28.4. The predicted molar refractivity (Wildman–Crippen MR) is 186 cm³/mol. The van der Waals surface area contributed by atoms with Crippen LogP contribution in [0.15, 0.2) is 135 Å². The molecule has 0 amide bonds. The van der Waals surface area contributed by atoms with E-state index in [0.717, 1.165) is 45.0 Å². The summed E-state index contributed by atoms with van der Waals surface area (Å²) < 4.78 is 7.21. The zero-order chi connectivity index (χ0) is 33.6. The molecule has 8 heterocycles. The molecule has 10 nitrogen and oxygen atoms in total. The molecule has 0 bridgehead atoms. The summed E-state index contributed by atoms with van der Waals surface area (Å²) in [6.45, 7) is 0. The fourth-order valence-electron chi connectivity index (χ4n) is 4.27. The van der Waals surface area contributed by atoms with E-state index < -0.39 is 0 Å². The second kappa shape index (κ2) is 24.4. The number of aryl methyl sites for hydroxylation is 4. The molecule has 0 aliphatic carbocycles. The predicted octanol–water partition coefficient (Wildman–Crippen LogP) is 6.33. The number of nitrogens with zero attached hydrogens (tertiary/aromatic N) is 10. The van der Waals surface area contributed by atoms with Gasteiger partial charge in [0.05, 0.1) is 0 Å². The quantitative estimate of drug-likeness (QED) is 0.192. The molecule has 8 aromatic heterocycles. The van der Waals surface area contributed by atoms with E-state index in [1.807, 2.05) is 141 Å². The number of pyridine rings is 4. The van der Waals surface area contributed by atoms with Gasteiger partial charge in [-0.25, -0.2) is 0 Å². The zero-order valence-electron chi connectivity index (χ0n) is 28.5. The molecule has 276 valence electrons. The Kier molecular flexibility index (Phi) is 21.7. The first-order chi connectivity index (χ1) is 23.4. The van der Waals surface area contributed by atoms with Crippen LogP contribution in [0.2, 0.25) is 0 Å². The van der Waals surface area contributed by atoms with Gasteiger partial charge in [0, 0.05) is 119 Å². The summed E-state index contributed by atoms with van der Waals surface area (Å²) in [5.74, 6) is 0. The van der Waals surface area contributed by atoms with Crippen molar-refractivity contribution in [2.24, 2.45) is 28.2 Å². The third-order valence-electron chi connectivity index (χ3n) is 6.57. The van der Waals surface area contributed by atoms with E-state index in [-0.39, 0.29) is 80.4 Å². The number of aromatic nitrogens is 10. The van der Waals surface area contributed by atoms with Crippen LogP contribution in [0, 0.1) is 24.7 Å². The van der Waals surface area contributed by atoms with Gasteiger partial charge in [0.2, 0.25) is 0 Å². The number of hydrogen-bond acceptors (Lipinski definition) is 6. The zero-order valence-corrected chi connectivity index (χ0v) is 38.1. The van der Waals surface area contributed by atoms with Crippen LogP contribution in [0.3, 0.4) is 0 Å². The van der Waals surface area contributed by atoms with Crippen molar-refractivity contribution in [1.29, 1.82) is 0 Å². The van der Waals surface area contributed by atoms with Gasteiger partial charge in [-0.05, 0) is 67.3 Å². The molecule has 0 aliphatic heterocycles. The molecule has 4 radical (unpaired) electrons. The van der Waals surface area contributed by atoms with Crippen molar-refractivity contribution in [3.63, 3.8) is 0 Å². The topological polar surface area (TPSA) is 97.1 Å². The van der Waals surface area contributed by atoms with Crippen molar-refractivity contribution in [3.05, 3.63) is 159 Å². The minimum atomic E-state index is 0.